The van der Waals surface area contributed by atoms with Crippen LogP contribution in [0.4, 0.5) is 0 Å². The number of fused-ring (bicyclic) bond motifs is 4. The van der Waals surface area contributed by atoms with Crippen molar-refractivity contribution in [3.8, 4) is 5.88 Å². The molecule has 142 valence electrons. The van der Waals surface area contributed by atoms with Gasteiger partial charge in [0, 0.05) is 21.7 Å². The summed E-state index contributed by atoms with van der Waals surface area (Å²) >= 11 is 0. The number of rotatable bonds is 0. The second-order valence-electron chi connectivity index (χ2n) is 7.62. The minimum atomic E-state index is -1.13. The number of nitrogens with one attached hydrogen (secondary N) is 1. The van der Waals surface area contributed by atoms with E-state index in [1.807, 2.05) is 54.6 Å². The van der Waals surface area contributed by atoms with Crippen LogP contribution in [0.2, 0.25) is 0 Å². The lowest BCUT2D eigenvalue weighted by atomic mass is 10.1. The number of hydrogen-bond donors (Lipinski definition) is 2. The van der Waals surface area contributed by atoms with Crippen LogP contribution in [0.15, 0.2) is 72.8 Å². The van der Waals surface area contributed by atoms with Crippen LogP contribution in [-0.4, -0.2) is 26.3 Å². The van der Waals surface area contributed by atoms with Gasteiger partial charge in [-0.2, -0.15) is 0 Å². The fourth-order valence-electron chi connectivity index (χ4n) is 4.62. The number of ether oxygens (including phenoxy) is 1. The Morgan fingerprint density at radius 3 is 2.53 bits per heavy atom. The van der Waals surface area contributed by atoms with E-state index in [2.05, 4.69) is 23.2 Å². The zero-order valence-corrected chi connectivity index (χ0v) is 15.8. The average molecular weight is 389 g/mol. The molecule has 4 aromatic carbocycles. The summed E-state index contributed by atoms with van der Waals surface area (Å²) in [5.74, 6) is 0.360. The second kappa shape index (κ2) is 5.55. The first-order valence-corrected chi connectivity index (χ1v) is 9.86. The zero-order chi connectivity index (χ0) is 19.8. The van der Waals surface area contributed by atoms with Crippen molar-refractivity contribution in [3.05, 3.63) is 83.8 Å². The summed E-state index contributed by atoms with van der Waals surface area (Å²) in [5.41, 5.74) is 3.77. The lowest BCUT2D eigenvalue weighted by Crippen LogP contribution is -2.20. The highest BCUT2D eigenvalue weighted by Gasteiger charge is 2.32. The van der Waals surface area contributed by atoms with Crippen molar-refractivity contribution in [2.45, 2.75) is 6.29 Å². The third-order valence-electron chi connectivity index (χ3n) is 5.96. The number of aliphatic hydroxyl groups excluding tert-OH is 1. The van der Waals surface area contributed by atoms with Gasteiger partial charge < -0.3 is 14.8 Å². The van der Waals surface area contributed by atoms with Gasteiger partial charge in [-0.1, -0.05) is 60.7 Å². The highest BCUT2D eigenvalue weighted by atomic mass is 16.6. The van der Waals surface area contributed by atoms with Gasteiger partial charge in [-0.3, -0.25) is 0 Å². The maximum atomic E-state index is 10.8. The molecule has 30 heavy (non-hydrogen) atoms. The second-order valence-corrected chi connectivity index (χ2v) is 7.62. The van der Waals surface area contributed by atoms with E-state index in [0.29, 0.717) is 17.1 Å². The molecule has 0 aliphatic carbocycles. The van der Waals surface area contributed by atoms with Crippen molar-refractivity contribution in [2.75, 3.05) is 0 Å². The van der Waals surface area contributed by atoms with Crippen LogP contribution < -0.4 is 10.1 Å². The van der Waals surface area contributed by atoms with Gasteiger partial charge >= 0.3 is 0 Å². The summed E-state index contributed by atoms with van der Waals surface area (Å²) in [6, 6.07) is 24.4. The van der Waals surface area contributed by atoms with E-state index in [0.717, 1.165) is 48.8 Å². The van der Waals surface area contributed by atoms with Gasteiger partial charge in [0.15, 0.2) is 0 Å². The minimum absolute atomic E-state index is 0.360. The maximum absolute atomic E-state index is 10.8. The molecule has 2 aromatic heterocycles. The molecule has 3 heterocycles. The van der Waals surface area contributed by atoms with Crippen LogP contribution in [0.5, 0.6) is 5.88 Å². The molecule has 5 nitrogen and oxygen atoms in total. The molecular formula is C25H15N3O2. The first-order valence-electron chi connectivity index (χ1n) is 9.86. The van der Waals surface area contributed by atoms with Gasteiger partial charge in [-0.25, -0.2) is 9.97 Å². The van der Waals surface area contributed by atoms with Gasteiger partial charge in [0.1, 0.15) is 11.2 Å². The summed E-state index contributed by atoms with van der Waals surface area (Å²) < 4.78 is 5.77. The van der Waals surface area contributed by atoms with E-state index in [4.69, 9.17) is 14.7 Å². The Balaban J connectivity index is 1.61. The number of H-pyrrole nitrogens is 1. The number of aromatic amines is 1. The summed E-state index contributed by atoms with van der Waals surface area (Å²) in [4.78, 5) is 13.1. The fraction of sp³-hybridized carbons (Fsp3) is 0.0400. The molecule has 2 N–H and O–H groups in total. The van der Waals surface area contributed by atoms with E-state index in [1.54, 1.807) is 0 Å². The average Bonchev–Trinajstić information content (AvgIpc) is 3.30. The molecule has 1 atom stereocenters. The molecule has 0 saturated carbocycles. The number of aromatic nitrogens is 3. The fourth-order valence-corrected chi connectivity index (χ4v) is 4.62. The lowest BCUT2D eigenvalue weighted by molar-refractivity contribution is 0.0408. The SMILES string of the molecule is OC1Oc2nc3c(ccc4ccccc43)nc2/C1=c1/[nH]c2cccc3cccc1c32. The highest BCUT2D eigenvalue weighted by Crippen LogP contribution is 2.36. The molecule has 0 radical (unpaired) electrons. The van der Waals surface area contributed by atoms with Crippen LogP contribution in [0, 0.1) is 0 Å². The summed E-state index contributed by atoms with van der Waals surface area (Å²) in [5, 5.41) is 17.1. The molecule has 1 aliphatic heterocycles. The Morgan fingerprint density at radius 1 is 0.800 bits per heavy atom. The van der Waals surface area contributed by atoms with Crippen LogP contribution in [0.3, 0.4) is 0 Å². The lowest BCUT2D eigenvalue weighted by Gasteiger charge is -2.04. The van der Waals surface area contributed by atoms with Gasteiger partial charge in [0.05, 0.1) is 16.4 Å². The molecule has 1 aliphatic rings. The van der Waals surface area contributed by atoms with E-state index in [-0.39, 0.29) is 0 Å². The number of aliphatic hydroxyl groups is 1. The van der Waals surface area contributed by atoms with Crippen molar-refractivity contribution in [3.63, 3.8) is 0 Å². The largest absolute Gasteiger partial charge is 0.442 e. The molecule has 0 fully saturated rings. The molecule has 0 amide bonds. The molecule has 6 aromatic rings. The Kier molecular flexibility index (Phi) is 2.94. The van der Waals surface area contributed by atoms with Crippen molar-refractivity contribution in [1.82, 2.24) is 15.0 Å². The van der Waals surface area contributed by atoms with Gasteiger partial charge in [-0.05, 0) is 22.9 Å². The smallest absolute Gasteiger partial charge is 0.243 e. The maximum Gasteiger partial charge on any atom is 0.243 e. The Hall–Kier alpha value is -3.96. The molecule has 1 unspecified atom stereocenters. The van der Waals surface area contributed by atoms with Gasteiger partial charge in [0.2, 0.25) is 12.2 Å². The highest BCUT2D eigenvalue weighted by molar-refractivity contribution is 6.10. The van der Waals surface area contributed by atoms with Crippen molar-refractivity contribution < 1.29 is 9.84 Å². The van der Waals surface area contributed by atoms with Crippen molar-refractivity contribution in [1.29, 1.82) is 0 Å². The Morgan fingerprint density at radius 2 is 1.60 bits per heavy atom. The van der Waals surface area contributed by atoms with Crippen LogP contribution in [-0.2, 0) is 0 Å². The molecule has 0 bridgehead atoms. The monoisotopic (exact) mass is 389 g/mol. The van der Waals surface area contributed by atoms with Gasteiger partial charge in [-0.15, -0.1) is 0 Å². The van der Waals surface area contributed by atoms with Crippen molar-refractivity contribution in [2.24, 2.45) is 0 Å². The van der Waals surface area contributed by atoms with Gasteiger partial charge in [0.25, 0.3) is 0 Å². The summed E-state index contributed by atoms with van der Waals surface area (Å²) in [6.45, 7) is 0. The number of nitrogens with zero attached hydrogens (tertiary/aromatic N) is 2. The van der Waals surface area contributed by atoms with Crippen molar-refractivity contribution >= 4 is 49.1 Å². The first kappa shape index (κ1) is 15.9. The van der Waals surface area contributed by atoms with Crippen LogP contribution in [0.25, 0.3) is 49.1 Å². The number of hydrogen-bond acceptors (Lipinski definition) is 4. The normalized spacial score (nSPS) is 17.8. The quantitative estimate of drug-likeness (QED) is 0.385. The summed E-state index contributed by atoms with van der Waals surface area (Å²) in [6.07, 6.45) is -1.13. The molecule has 0 spiro atoms. The number of benzene rings is 4. The zero-order valence-electron chi connectivity index (χ0n) is 15.8. The van der Waals surface area contributed by atoms with Crippen LogP contribution >= 0.6 is 0 Å². The Labute approximate surface area is 170 Å². The van der Waals surface area contributed by atoms with Crippen LogP contribution in [0.1, 0.15) is 5.69 Å². The predicted molar refractivity (Wildman–Crippen MR) is 117 cm³/mol. The standard InChI is InChI=1S/C25H15N3O2/c29-25-20(22-16-9-3-6-14-7-4-10-17(26-22)19(14)16)23-24(30-25)28-21-15-8-2-1-5-13(15)11-12-18(21)27-23/h1-12,25-26,29H/b22-20-. The van der Waals surface area contributed by atoms with E-state index < -0.39 is 6.29 Å². The first-order chi connectivity index (χ1) is 14.8. The third kappa shape index (κ3) is 1.99. The minimum Gasteiger partial charge on any atom is -0.442 e. The third-order valence-corrected chi connectivity index (χ3v) is 5.96. The molecule has 0 saturated heterocycles. The molecule has 5 heteroatoms. The summed E-state index contributed by atoms with van der Waals surface area (Å²) in [7, 11) is 0. The van der Waals surface area contributed by atoms with E-state index >= 15 is 0 Å². The van der Waals surface area contributed by atoms with E-state index in [9.17, 15) is 5.11 Å². The van der Waals surface area contributed by atoms with E-state index in [1.165, 1.54) is 0 Å². The molecule has 7 rings (SSSR count). The predicted octanol–water partition coefficient (Wildman–Crippen LogP) is 4.05. The Bertz CT molecular complexity index is 1700. The topological polar surface area (TPSA) is 71.0 Å². The molecular weight excluding hydrogens is 374 g/mol.